The van der Waals surface area contributed by atoms with Gasteiger partial charge in [-0.2, -0.15) is 51.8 Å². The number of nitrogens with zero attached hydrogens (tertiary/aromatic N) is 19. The number of aromatic amines is 1. The summed E-state index contributed by atoms with van der Waals surface area (Å²) in [6.07, 6.45) is 3.90. The molecule has 0 saturated carbocycles. The molecule has 0 aliphatic carbocycles. The van der Waals surface area contributed by atoms with E-state index in [1.807, 2.05) is 162 Å². The lowest BCUT2D eigenvalue weighted by atomic mass is 10.00. The standard InChI is InChI=1S/C22H23ClN4.3C21H21ClN4.C20H19ClN4/c1-6-27(19-10-9-18(13-24)20(23)12-19)21-11-17(8-7-14(21)2)22-15(3)25-26(5)16(22)4;1-13-6-7-16(21-14(2)24-26(5)15(21)3)10-20(13)25(4)18-9-8-17(12-23)19(22)11-18;1-5-26(18-9-8-17(12-23)19(22)11-18)20-10-16(7-6-14(20)2)21-15(3)13-25(4)24-21;1-5-26(18-9-8-17(12-23)19(22)11-18)20-10-16(7-6-14(20)2)21-15(3)13-24-25(21)4;1-12-5-6-15(20-13(2)23-24-14(20)3)9-19(12)25(4)17-8-7-16(11-22)18(21)10-17/h7-12H,6H2,1-5H3;6-11H,1-5H3;2*6-11,13H,5H2,1-4H3;5-10H,1-4H3,(H,23,24). The molecule has 0 unspecified atom stereocenters. The van der Waals surface area contributed by atoms with Crippen LogP contribution in [0.5, 0.6) is 0 Å². The first-order chi connectivity index (χ1) is 62.0. The number of hydrogen-bond donors (Lipinski definition) is 1. The molecule has 1 N–H and O–H groups in total. The maximum atomic E-state index is 9.13. The number of nitriles is 5. The Morgan fingerprint density at radius 3 is 0.931 bits per heavy atom. The van der Waals surface area contributed by atoms with Gasteiger partial charge in [0.15, 0.2) is 0 Å². The maximum absolute atomic E-state index is 9.13. The molecule has 660 valence electrons. The van der Waals surface area contributed by atoms with Crippen molar-refractivity contribution >= 4 is 115 Å². The van der Waals surface area contributed by atoms with E-state index in [4.69, 9.17) is 84.3 Å². The van der Waals surface area contributed by atoms with E-state index >= 15 is 0 Å². The highest BCUT2D eigenvalue weighted by Crippen LogP contribution is 2.43. The van der Waals surface area contributed by atoms with Crippen molar-refractivity contribution in [3.63, 3.8) is 0 Å². The van der Waals surface area contributed by atoms with Crippen molar-refractivity contribution in [2.24, 2.45) is 28.2 Å². The van der Waals surface area contributed by atoms with Gasteiger partial charge in [0.05, 0.1) is 87.6 Å². The maximum Gasteiger partial charge on any atom is 0.101 e. The second-order valence-electron chi connectivity index (χ2n) is 32.0. The molecule has 20 nitrogen and oxygen atoms in total. The van der Waals surface area contributed by atoms with Crippen LogP contribution in [0.15, 0.2) is 194 Å². The molecule has 0 radical (unpaired) electrons. The zero-order valence-corrected chi connectivity index (χ0v) is 81.3. The van der Waals surface area contributed by atoms with E-state index in [1.165, 1.54) is 27.8 Å². The summed E-state index contributed by atoms with van der Waals surface area (Å²) in [6, 6.07) is 70.3. The van der Waals surface area contributed by atoms with Gasteiger partial charge in [-0.15, -0.1) is 0 Å². The fraction of sp³-hybridized carbons (Fsp3) is 0.238. The average molecular weight is 1820 g/mol. The van der Waals surface area contributed by atoms with Crippen LogP contribution in [0.25, 0.3) is 55.9 Å². The third kappa shape index (κ3) is 21.3. The quantitative estimate of drug-likeness (QED) is 0.0841. The summed E-state index contributed by atoms with van der Waals surface area (Å²) in [5.74, 6) is 0. The molecule has 5 aromatic heterocycles. The highest BCUT2D eigenvalue weighted by atomic mass is 35.5. The lowest BCUT2D eigenvalue weighted by Gasteiger charge is -2.26. The predicted molar refractivity (Wildman–Crippen MR) is 535 cm³/mol. The molecule has 15 rings (SSSR count). The molecule has 0 atom stereocenters. The Hall–Kier alpha value is -13.9. The Morgan fingerprint density at radius 2 is 0.638 bits per heavy atom. The second-order valence-corrected chi connectivity index (χ2v) is 34.1. The second kappa shape index (κ2) is 42.4. The minimum Gasteiger partial charge on any atom is -0.344 e. The summed E-state index contributed by atoms with van der Waals surface area (Å²) in [6.45, 7) is 35.6. The third-order valence-electron chi connectivity index (χ3n) is 23.4. The molecule has 0 bridgehead atoms. The first-order valence-electron chi connectivity index (χ1n) is 42.4. The van der Waals surface area contributed by atoms with E-state index in [0.717, 1.165) is 178 Å². The zero-order chi connectivity index (χ0) is 94.5. The van der Waals surface area contributed by atoms with Crippen LogP contribution in [0.2, 0.25) is 25.1 Å². The van der Waals surface area contributed by atoms with Gasteiger partial charge >= 0.3 is 0 Å². The van der Waals surface area contributed by atoms with Crippen molar-refractivity contribution in [2.45, 2.75) is 111 Å². The lowest BCUT2D eigenvalue weighted by molar-refractivity contribution is 0.731. The first-order valence-corrected chi connectivity index (χ1v) is 44.3. The van der Waals surface area contributed by atoms with Crippen LogP contribution in [0.1, 0.15) is 122 Å². The molecule has 0 amide bonds. The Labute approximate surface area is 788 Å². The molecule has 15 aromatic rings. The van der Waals surface area contributed by atoms with Crippen molar-refractivity contribution in [3.8, 4) is 86.2 Å². The molecule has 0 aliphatic rings. The Kier molecular flexibility index (Phi) is 31.6. The van der Waals surface area contributed by atoms with Crippen LogP contribution in [-0.2, 0) is 28.2 Å². The minimum atomic E-state index is 0.460. The van der Waals surface area contributed by atoms with Crippen molar-refractivity contribution < 1.29 is 0 Å². The third-order valence-corrected chi connectivity index (χ3v) is 24.9. The van der Waals surface area contributed by atoms with Crippen molar-refractivity contribution in [2.75, 3.05) is 58.2 Å². The number of anilines is 10. The average Bonchev–Trinajstić information content (AvgIpc) is 1.59. The molecule has 25 heteroatoms. The minimum absolute atomic E-state index is 0.460. The smallest absolute Gasteiger partial charge is 0.101 e. The molecule has 0 aliphatic heterocycles. The van der Waals surface area contributed by atoms with Crippen molar-refractivity contribution in [3.05, 3.63) is 320 Å². The normalized spacial score (nSPS) is 10.6. The van der Waals surface area contributed by atoms with E-state index in [2.05, 4.69) is 260 Å². The number of halogens is 5. The molecule has 5 heterocycles. The highest BCUT2D eigenvalue weighted by molar-refractivity contribution is 6.33. The number of rotatable bonds is 18. The number of nitrogens with one attached hydrogen (secondary N) is 1. The van der Waals surface area contributed by atoms with Gasteiger partial charge < -0.3 is 24.5 Å². The van der Waals surface area contributed by atoms with E-state index in [1.54, 1.807) is 30.3 Å². The zero-order valence-electron chi connectivity index (χ0n) is 77.5. The summed E-state index contributed by atoms with van der Waals surface area (Å²) >= 11 is 31.2. The monoisotopic (exact) mass is 1820 g/mol. The van der Waals surface area contributed by atoms with Crippen LogP contribution in [-0.4, -0.2) is 83.0 Å². The van der Waals surface area contributed by atoms with E-state index in [9.17, 15) is 0 Å². The van der Waals surface area contributed by atoms with Crippen LogP contribution >= 0.6 is 58.0 Å². The van der Waals surface area contributed by atoms with Gasteiger partial charge in [0.2, 0.25) is 0 Å². The fourth-order valence-electron chi connectivity index (χ4n) is 16.3. The van der Waals surface area contributed by atoms with Gasteiger partial charge in [-0.3, -0.25) is 23.8 Å². The van der Waals surface area contributed by atoms with E-state index in [-0.39, 0.29) is 0 Å². The summed E-state index contributed by atoms with van der Waals surface area (Å²) in [4.78, 5) is 10.8. The number of aryl methyl sites for hydroxylation is 15. The number of H-pyrrole nitrogens is 1. The van der Waals surface area contributed by atoms with Crippen LogP contribution < -0.4 is 24.5 Å². The largest absolute Gasteiger partial charge is 0.344 e. The van der Waals surface area contributed by atoms with E-state index < -0.39 is 0 Å². The van der Waals surface area contributed by atoms with Crippen LogP contribution in [0.4, 0.5) is 56.9 Å². The first kappa shape index (κ1) is 96.8. The van der Waals surface area contributed by atoms with Gasteiger partial charge in [0.25, 0.3) is 0 Å². The van der Waals surface area contributed by atoms with Gasteiger partial charge in [-0.25, -0.2) is 0 Å². The van der Waals surface area contributed by atoms with Crippen molar-refractivity contribution in [1.29, 1.82) is 26.3 Å². The van der Waals surface area contributed by atoms with Gasteiger partial charge in [0.1, 0.15) is 30.3 Å². The van der Waals surface area contributed by atoms with Gasteiger partial charge in [-0.1, -0.05) is 119 Å². The van der Waals surface area contributed by atoms with Gasteiger partial charge in [0, 0.05) is 170 Å². The van der Waals surface area contributed by atoms with Crippen molar-refractivity contribution in [1.82, 2.24) is 49.3 Å². The van der Waals surface area contributed by atoms with Crippen LogP contribution in [0.3, 0.4) is 0 Å². The van der Waals surface area contributed by atoms with Crippen LogP contribution in [0, 0.1) is 147 Å². The molecule has 10 aromatic carbocycles. The lowest BCUT2D eigenvalue weighted by Crippen LogP contribution is -2.17. The fourth-order valence-corrected chi connectivity index (χ4v) is 17.4. The Balaban J connectivity index is 0.000000157. The molecular formula is C105H105Cl5N20. The molecular weight excluding hydrogens is 1720 g/mol. The summed E-state index contributed by atoms with van der Waals surface area (Å²) < 4.78 is 7.57. The number of aromatic nitrogens is 10. The molecule has 0 saturated heterocycles. The summed E-state index contributed by atoms with van der Waals surface area (Å²) in [7, 11) is 11.8. The summed E-state index contributed by atoms with van der Waals surface area (Å²) in [5, 5.41) is 73.1. The number of hydrogen-bond acceptors (Lipinski definition) is 15. The topological polar surface area (TPSA) is 235 Å². The molecule has 130 heavy (non-hydrogen) atoms. The highest BCUT2D eigenvalue weighted by Gasteiger charge is 2.24. The Bertz CT molecular complexity index is 6920. The summed E-state index contributed by atoms with van der Waals surface area (Å²) in [5.41, 5.74) is 38.4. The predicted octanol–water partition coefficient (Wildman–Crippen LogP) is 27.1. The molecule has 0 spiro atoms. The van der Waals surface area contributed by atoms with E-state index in [0.29, 0.717) is 52.9 Å². The molecule has 0 fully saturated rings. The number of benzene rings is 10. The SMILES string of the molecule is CCN(c1ccc(C#N)c(Cl)c1)c1cc(-c2c(C)cnn2C)ccc1C.CCN(c1ccc(C#N)c(Cl)c1)c1cc(-c2c(C)nn(C)c2C)ccc1C.CCN(c1ccc(C#N)c(Cl)c1)c1cc(-c2nn(C)cc2C)ccc1C.Cc1ccc(-c2c(C)n[nH]c2C)cc1N(C)c1ccc(C#N)c(Cl)c1.Cc1ccc(-c2c(C)nn(C)c2C)cc1N(C)c1ccc(C#N)c(Cl)c1. The van der Waals surface area contributed by atoms with Gasteiger partial charge in [-0.05, 0) is 288 Å². The Morgan fingerprint density at radius 1 is 0.331 bits per heavy atom.